The van der Waals surface area contributed by atoms with Crippen molar-refractivity contribution in [3.8, 4) is 5.75 Å². The Morgan fingerprint density at radius 2 is 2.04 bits per heavy atom. The largest absolute Gasteiger partial charge is 0.487 e. The predicted octanol–water partition coefficient (Wildman–Crippen LogP) is 3.04. The van der Waals surface area contributed by atoms with Crippen LogP contribution >= 0.6 is 0 Å². The molecule has 6 heteroatoms. The number of fused-ring (bicyclic) bond motifs is 1. The van der Waals surface area contributed by atoms with E-state index in [2.05, 4.69) is 41.6 Å². The molecule has 1 fully saturated rings. The van der Waals surface area contributed by atoms with Crippen molar-refractivity contribution in [2.45, 2.75) is 57.3 Å². The first kappa shape index (κ1) is 20.0. The summed E-state index contributed by atoms with van der Waals surface area (Å²) in [6.45, 7) is 7.49. The van der Waals surface area contributed by atoms with Gasteiger partial charge in [-0.1, -0.05) is 18.2 Å². The van der Waals surface area contributed by atoms with Crippen LogP contribution in [0.2, 0.25) is 0 Å². The smallest absolute Gasteiger partial charge is 0.191 e. The third kappa shape index (κ3) is 5.84. The Kier molecular flexibility index (Phi) is 6.96. The number of benzene rings is 1. The monoisotopic (exact) mass is 375 g/mol. The van der Waals surface area contributed by atoms with Gasteiger partial charge < -0.3 is 24.8 Å². The highest BCUT2D eigenvalue weighted by Gasteiger charge is 2.33. The Hall–Kier alpha value is -1.79. The fourth-order valence-electron chi connectivity index (χ4n) is 3.66. The Morgan fingerprint density at radius 3 is 2.81 bits per heavy atom. The topological polar surface area (TPSA) is 64.1 Å². The molecule has 2 aliphatic heterocycles. The molecule has 1 aromatic rings. The van der Waals surface area contributed by atoms with E-state index in [1.54, 1.807) is 0 Å². The minimum atomic E-state index is -0.206. The van der Waals surface area contributed by atoms with Gasteiger partial charge in [0.05, 0.1) is 12.1 Å². The van der Waals surface area contributed by atoms with Gasteiger partial charge in [0, 0.05) is 45.4 Å². The number of aliphatic imine (C=N–C) groups is 1. The predicted molar refractivity (Wildman–Crippen MR) is 107 cm³/mol. The van der Waals surface area contributed by atoms with Crippen LogP contribution in [0.25, 0.3) is 0 Å². The molecule has 0 aliphatic carbocycles. The third-order valence-corrected chi connectivity index (χ3v) is 5.05. The van der Waals surface area contributed by atoms with Crippen LogP contribution < -0.4 is 15.4 Å². The summed E-state index contributed by atoms with van der Waals surface area (Å²) >= 11 is 0. The minimum absolute atomic E-state index is 0.176. The fourth-order valence-corrected chi connectivity index (χ4v) is 3.66. The molecule has 0 saturated carbocycles. The van der Waals surface area contributed by atoms with Gasteiger partial charge in [-0.05, 0) is 39.2 Å². The van der Waals surface area contributed by atoms with Crippen molar-refractivity contribution in [2.75, 3.05) is 33.4 Å². The van der Waals surface area contributed by atoms with E-state index in [1.807, 2.05) is 19.2 Å². The first-order chi connectivity index (χ1) is 13.1. The van der Waals surface area contributed by atoms with Crippen molar-refractivity contribution in [1.82, 2.24) is 10.6 Å². The lowest BCUT2D eigenvalue weighted by Gasteiger charge is -2.38. The number of rotatable bonds is 6. The average Bonchev–Trinajstić information content (AvgIpc) is 2.66. The molecule has 3 rings (SSSR count). The normalized spacial score (nSPS) is 22.6. The van der Waals surface area contributed by atoms with Crippen molar-refractivity contribution in [3.63, 3.8) is 0 Å². The number of guanidine groups is 1. The molecule has 0 radical (unpaired) electrons. The average molecular weight is 376 g/mol. The summed E-state index contributed by atoms with van der Waals surface area (Å²) in [6.07, 6.45) is 4.22. The van der Waals surface area contributed by atoms with Gasteiger partial charge in [0.2, 0.25) is 0 Å². The molecule has 27 heavy (non-hydrogen) atoms. The zero-order chi connectivity index (χ0) is 19.1. The summed E-state index contributed by atoms with van der Waals surface area (Å²) in [4.78, 5) is 4.39. The molecular weight excluding hydrogens is 342 g/mol. The summed E-state index contributed by atoms with van der Waals surface area (Å²) in [5.41, 5.74) is 0.977. The maximum atomic E-state index is 6.11. The van der Waals surface area contributed by atoms with Crippen molar-refractivity contribution >= 4 is 5.96 Å². The molecule has 2 heterocycles. The van der Waals surface area contributed by atoms with Crippen LogP contribution in [0, 0.1) is 0 Å². The summed E-state index contributed by atoms with van der Waals surface area (Å²) < 4.78 is 17.4. The first-order valence-corrected chi connectivity index (χ1v) is 10.0. The molecule has 2 aliphatic rings. The summed E-state index contributed by atoms with van der Waals surface area (Å²) in [5, 5.41) is 6.97. The number of hydrogen-bond donors (Lipinski definition) is 2. The molecule has 1 saturated heterocycles. The lowest BCUT2D eigenvalue weighted by molar-refractivity contribution is -0.0320. The summed E-state index contributed by atoms with van der Waals surface area (Å²) in [5.74, 6) is 1.77. The van der Waals surface area contributed by atoms with Crippen LogP contribution in [0.5, 0.6) is 5.75 Å². The van der Waals surface area contributed by atoms with Crippen LogP contribution in [0.4, 0.5) is 0 Å². The Morgan fingerprint density at radius 1 is 1.26 bits per heavy atom. The molecule has 0 bridgehead atoms. The van der Waals surface area contributed by atoms with Gasteiger partial charge in [-0.25, -0.2) is 0 Å². The zero-order valence-electron chi connectivity index (χ0n) is 16.8. The standard InChI is InChI=1S/C21H33N3O3/c1-21(2)15-18(17-7-4-5-8-19(17)27-21)24-20(22-3)23-11-6-12-26-16-9-13-25-14-10-16/h4-5,7-8,16,18H,6,9-15H2,1-3H3,(H2,22,23,24). The lowest BCUT2D eigenvalue weighted by Crippen LogP contribution is -2.45. The van der Waals surface area contributed by atoms with E-state index in [9.17, 15) is 0 Å². The van der Waals surface area contributed by atoms with Gasteiger partial charge in [-0.15, -0.1) is 0 Å². The molecule has 1 atom stereocenters. The maximum Gasteiger partial charge on any atom is 0.191 e. The first-order valence-electron chi connectivity index (χ1n) is 10.0. The number of para-hydroxylation sites is 1. The number of hydrogen-bond acceptors (Lipinski definition) is 4. The molecule has 0 amide bonds. The molecule has 1 unspecified atom stereocenters. The highest BCUT2D eigenvalue weighted by atomic mass is 16.5. The molecule has 0 aromatic heterocycles. The summed E-state index contributed by atoms with van der Waals surface area (Å²) in [6, 6.07) is 8.41. The van der Waals surface area contributed by atoms with Gasteiger partial charge in [-0.2, -0.15) is 0 Å². The van der Waals surface area contributed by atoms with Gasteiger partial charge >= 0.3 is 0 Å². The van der Waals surface area contributed by atoms with E-state index in [0.717, 1.165) is 63.8 Å². The second kappa shape index (κ2) is 9.42. The molecular formula is C21H33N3O3. The van der Waals surface area contributed by atoms with Crippen molar-refractivity contribution in [3.05, 3.63) is 29.8 Å². The van der Waals surface area contributed by atoms with Crippen molar-refractivity contribution in [2.24, 2.45) is 4.99 Å². The number of nitrogens with one attached hydrogen (secondary N) is 2. The van der Waals surface area contributed by atoms with Gasteiger partial charge in [-0.3, -0.25) is 4.99 Å². The third-order valence-electron chi connectivity index (χ3n) is 5.05. The second-order valence-electron chi connectivity index (χ2n) is 7.84. The van der Waals surface area contributed by atoms with E-state index in [0.29, 0.717) is 6.10 Å². The molecule has 6 nitrogen and oxygen atoms in total. The van der Waals surface area contributed by atoms with E-state index in [-0.39, 0.29) is 11.6 Å². The van der Waals surface area contributed by atoms with Crippen LogP contribution in [0.15, 0.2) is 29.3 Å². The van der Waals surface area contributed by atoms with Crippen LogP contribution in [0.3, 0.4) is 0 Å². The maximum absolute atomic E-state index is 6.11. The highest BCUT2D eigenvalue weighted by Crippen LogP contribution is 2.39. The van der Waals surface area contributed by atoms with Crippen LogP contribution in [-0.2, 0) is 9.47 Å². The van der Waals surface area contributed by atoms with Crippen molar-refractivity contribution < 1.29 is 14.2 Å². The molecule has 2 N–H and O–H groups in total. The minimum Gasteiger partial charge on any atom is -0.487 e. The molecule has 0 spiro atoms. The van der Waals surface area contributed by atoms with E-state index < -0.39 is 0 Å². The second-order valence-corrected chi connectivity index (χ2v) is 7.84. The summed E-state index contributed by atoms with van der Waals surface area (Å²) in [7, 11) is 1.81. The van der Waals surface area contributed by atoms with Gasteiger partial charge in [0.1, 0.15) is 11.4 Å². The zero-order valence-corrected chi connectivity index (χ0v) is 16.8. The van der Waals surface area contributed by atoms with Crippen LogP contribution in [0.1, 0.15) is 51.1 Å². The van der Waals surface area contributed by atoms with Gasteiger partial charge in [0.25, 0.3) is 0 Å². The quantitative estimate of drug-likeness (QED) is 0.455. The number of nitrogens with zero attached hydrogens (tertiary/aromatic N) is 1. The lowest BCUT2D eigenvalue weighted by atomic mass is 9.90. The number of ether oxygens (including phenoxy) is 3. The van der Waals surface area contributed by atoms with Gasteiger partial charge in [0.15, 0.2) is 5.96 Å². The Bertz CT molecular complexity index is 627. The SMILES string of the molecule is CN=C(NCCCOC1CCOCC1)NC1CC(C)(C)Oc2ccccc21. The Balaban J connectivity index is 1.46. The van der Waals surface area contributed by atoms with E-state index in [1.165, 1.54) is 5.56 Å². The molecule has 150 valence electrons. The van der Waals surface area contributed by atoms with E-state index in [4.69, 9.17) is 14.2 Å². The Labute approximate surface area is 162 Å². The molecule has 1 aromatic carbocycles. The van der Waals surface area contributed by atoms with E-state index >= 15 is 0 Å². The highest BCUT2D eigenvalue weighted by molar-refractivity contribution is 5.80. The van der Waals surface area contributed by atoms with Crippen molar-refractivity contribution in [1.29, 1.82) is 0 Å². The fraction of sp³-hybridized carbons (Fsp3) is 0.667. The van der Waals surface area contributed by atoms with Crippen LogP contribution in [-0.4, -0.2) is 51.1 Å².